The van der Waals surface area contributed by atoms with Gasteiger partial charge in [0.1, 0.15) is 12.1 Å². The van der Waals surface area contributed by atoms with Crippen molar-refractivity contribution in [2.75, 3.05) is 6.54 Å². The summed E-state index contributed by atoms with van der Waals surface area (Å²) in [5, 5.41) is 0. The molecule has 3 unspecified atom stereocenters. The van der Waals surface area contributed by atoms with Crippen molar-refractivity contribution in [1.29, 1.82) is 0 Å². The molecule has 3 fully saturated rings. The van der Waals surface area contributed by atoms with E-state index in [9.17, 15) is 9.59 Å². The van der Waals surface area contributed by atoms with Gasteiger partial charge in [-0.25, -0.2) is 0 Å². The molecule has 0 spiro atoms. The number of hydrogen-bond donors (Lipinski definition) is 0. The molecule has 4 nitrogen and oxygen atoms in total. The Morgan fingerprint density at radius 2 is 1.80 bits per heavy atom. The Hall–Kier alpha value is -1.06. The highest BCUT2D eigenvalue weighted by Crippen LogP contribution is 2.35. The van der Waals surface area contributed by atoms with Crippen LogP contribution >= 0.6 is 0 Å². The predicted molar refractivity (Wildman–Crippen MR) is 77.1 cm³/mol. The van der Waals surface area contributed by atoms with E-state index in [2.05, 4.69) is 6.92 Å². The zero-order valence-corrected chi connectivity index (χ0v) is 12.7. The van der Waals surface area contributed by atoms with Gasteiger partial charge in [-0.3, -0.25) is 9.59 Å². The molecule has 2 saturated heterocycles. The minimum absolute atomic E-state index is 0.158. The Morgan fingerprint density at radius 1 is 1.10 bits per heavy atom. The molecule has 2 amide bonds. The quantitative estimate of drug-likeness (QED) is 0.794. The largest absolute Gasteiger partial charge is 0.329 e. The van der Waals surface area contributed by atoms with E-state index < -0.39 is 0 Å². The molecule has 4 heteroatoms. The van der Waals surface area contributed by atoms with Crippen LogP contribution in [0.5, 0.6) is 0 Å². The Morgan fingerprint density at radius 3 is 2.45 bits per heavy atom. The number of amides is 2. The Bertz CT molecular complexity index is 403. The maximum absolute atomic E-state index is 12.9. The average molecular weight is 278 g/mol. The molecule has 20 heavy (non-hydrogen) atoms. The lowest BCUT2D eigenvalue weighted by Crippen LogP contribution is -2.65. The second kappa shape index (κ2) is 5.38. The molecule has 0 bridgehead atoms. The molecular formula is C16H26N2O2. The number of hydrogen-bond acceptors (Lipinski definition) is 2. The summed E-state index contributed by atoms with van der Waals surface area (Å²) in [6, 6.07) is -0.150. The van der Waals surface area contributed by atoms with E-state index in [0.29, 0.717) is 5.92 Å². The van der Waals surface area contributed by atoms with Crippen LogP contribution < -0.4 is 0 Å². The molecular weight excluding hydrogens is 252 g/mol. The first kappa shape index (κ1) is 13.9. The van der Waals surface area contributed by atoms with Crippen molar-refractivity contribution in [1.82, 2.24) is 9.80 Å². The molecule has 1 aliphatic carbocycles. The first-order chi connectivity index (χ1) is 9.65. The van der Waals surface area contributed by atoms with Gasteiger partial charge in [-0.1, -0.05) is 19.8 Å². The van der Waals surface area contributed by atoms with E-state index in [0.717, 1.165) is 25.8 Å². The van der Waals surface area contributed by atoms with E-state index in [1.54, 1.807) is 0 Å². The fourth-order valence-electron chi connectivity index (χ4n) is 4.45. The summed E-state index contributed by atoms with van der Waals surface area (Å²) in [5.74, 6) is 1.00. The number of rotatable bonds is 3. The maximum atomic E-state index is 12.9. The first-order valence-electron chi connectivity index (χ1n) is 8.27. The SMILES string of the molecule is CCC1C(=O)N2CCCC2C(=O)N1C(C)C1CCCC1. The van der Waals surface area contributed by atoms with Gasteiger partial charge in [0.2, 0.25) is 11.8 Å². The van der Waals surface area contributed by atoms with Gasteiger partial charge >= 0.3 is 0 Å². The zero-order chi connectivity index (χ0) is 14.3. The number of carbonyl (C=O) groups excluding carboxylic acids is 2. The van der Waals surface area contributed by atoms with Crippen molar-refractivity contribution < 1.29 is 9.59 Å². The summed E-state index contributed by atoms with van der Waals surface area (Å²) in [7, 11) is 0. The van der Waals surface area contributed by atoms with Crippen molar-refractivity contribution in [3.63, 3.8) is 0 Å². The third-order valence-corrected chi connectivity index (χ3v) is 5.60. The summed E-state index contributed by atoms with van der Waals surface area (Å²) < 4.78 is 0. The van der Waals surface area contributed by atoms with Crippen molar-refractivity contribution in [3.8, 4) is 0 Å². The topological polar surface area (TPSA) is 40.6 Å². The normalized spacial score (nSPS) is 32.9. The van der Waals surface area contributed by atoms with Crippen LogP contribution in [0.3, 0.4) is 0 Å². The predicted octanol–water partition coefficient (Wildman–Crippen LogP) is 2.18. The molecule has 0 aromatic heterocycles. The number of nitrogens with zero attached hydrogens (tertiary/aromatic N) is 2. The summed E-state index contributed by atoms with van der Waals surface area (Å²) in [4.78, 5) is 29.3. The van der Waals surface area contributed by atoms with Crippen LogP contribution in [0.4, 0.5) is 0 Å². The Kier molecular flexibility index (Phi) is 3.74. The van der Waals surface area contributed by atoms with Crippen LogP contribution in [0.15, 0.2) is 0 Å². The molecule has 3 rings (SSSR count). The molecule has 0 radical (unpaired) electrons. The van der Waals surface area contributed by atoms with Crippen LogP contribution in [0.25, 0.3) is 0 Å². The Labute approximate surface area is 121 Å². The van der Waals surface area contributed by atoms with Crippen molar-refractivity contribution in [2.24, 2.45) is 5.92 Å². The van der Waals surface area contributed by atoms with Crippen molar-refractivity contribution >= 4 is 11.8 Å². The maximum Gasteiger partial charge on any atom is 0.246 e. The second-order valence-corrected chi connectivity index (χ2v) is 6.64. The van der Waals surface area contributed by atoms with E-state index in [-0.39, 0.29) is 29.9 Å². The van der Waals surface area contributed by atoms with E-state index >= 15 is 0 Å². The fraction of sp³-hybridized carbons (Fsp3) is 0.875. The average Bonchev–Trinajstić information content (AvgIpc) is 3.12. The van der Waals surface area contributed by atoms with Gasteiger partial charge in [-0.05, 0) is 44.9 Å². The lowest BCUT2D eigenvalue weighted by molar-refractivity contribution is -0.163. The van der Waals surface area contributed by atoms with Crippen LogP contribution in [0.2, 0.25) is 0 Å². The molecule has 0 aromatic carbocycles. The van der Waals surface area contributed by atoms with E-state index in [4.69, 9.17) is 0 Å². The third-order valence-electron chi connectivity index (χ3n) is 5.60. The minimum Gasteiger partial charge on any atom is -0.329 e. The number of fused-ring (bicyclic) bond motifs is 1. The van der Waals surface area contributed by atoms with Crippen LogP contribution in [-0.4, -0.2) is 46.3 Å². The molecule has 112 valence electrons. The summed E-state index contributed by atoms with van der Waals surface area (Å²) in [6.45, 7) is 4.96. The molecule has 1 saturated carbocycles. The highest BCUT2D eigenvalue weighted by atomic mass is 16.2. The minimum atomic E-state index is -0.215. The smallest absolute Gasteiger partial charge is 0.246 e. The first-order valence-corrected chi connectivity index (χ1v) is 8.27. The van der Waals surface area contributed by atoms with Gasteiger partial charge in [0, 0.05) is 12.6 Å². The molecule has 3 aliphatic rings. The zero-order valence-electron chi connectivity index (χ0n) is 12.7. The second-order valence-electron chi connectivity index (χ2n) is 6.64. The van der Waals surface area contributed by atoms with Gasteiger partial charge in [-0.2, -0.15) is 0 Å². The molecule has 0 N–H and O–H groups in total. The summed E-state index contributed by atoms with van der Waals surface area (Å²) in [5.41, 5.74) is 0. The highest BCUT2D eigenvalue weighted by molar-refractivity contribution is 5.97. The van der Waals surface area contributed by atoms with Crippen LogP contribution in [0.1, 0.15) is 58.8 Å². The van der Waals surface area contributed by atoms with Gasteiger partial charge in [0.05, 0.1) is 0 Å². The monoisotopic (exact) mass is 278 g/mol. The van der Waals surface area contributed by atoms with E-state index in [1.807, 2.05) is 16.7 Å². The van der Waals surface area contributed by atoms with Gasteiger partial charge in [-0.15, -0.1) is 0 Å². The number of carbonyl (C=O) groups is 2. The molecule has 2 heterocycles. The number of piperazine rings is 1. The molecule has 3 atom stereocenters. The lowest BCUT2D eigenvalue weighted by Gasteiger charge is -2.46. The van der Waals surface area contributed by atoms with Gasteiger partial charge in [0.25, 0.3) is 0 Å². The molecule has 2 aliphatic heterocycles. The lowest BCUT2D eigenvalue weighted by atomic mass is 9.93. The van der Waals surface area contributed by atoms with Crippen molar-refractivity contribution in [2.45, 2.75) is 76.9 Å². The third kappa shape index (κ3) is 2.04. The van der Waals surface area contributed by atoms with Crippen LogP contribution in [-0.2, 0) is 9.59 Å². The van der Waals surface area contributed by atoms with E-state index in [1.165, 1.54) is 25.7 Å². The van der Waals surface area contributed by atoms with Crippen molar-refractivity contribution in [3.05, 3.63) is 0 Å². The van der Waals surface area contributed by atoms with Gasteiger partial charge in [0.15, 0.2) is 0 Å². The summed E-state index contributed by atoms with van der Waals surface area (Å²) in [6.07, 6.45) is 7.55. The van der Waals surface area contributed by atoms with Crippen LogP contribution in [0, 0.1) is 5.92 Å². The summed E-state index contributed by atoms with van der Waals surface area (Å²) >= 11 is 0. The highest BCUT2D eigenvalue weighted by Gasteiger charge is 2.49. The van der Waals surface area contributed by atoms with Gasteiger partial charge < -0.3 is 9.80 Å². The molecule has 0 aromatic rings. The Balaban J connectivity index is 1.86. The standard InChI is InChI=1S/C16H26N2O2/c1-3-13-15(19)17-10-6-9-14(17)16(20)18(13)11(2)12-7-4-5-8-12/h11-14H,3-10H2,1-2H3. The fourth-order valence-corrected chi connectivity index (χ4v) is 4.45.